The fourth-order valence-corrected chi connectivity index (χ4v) is 2.60. The lowest BCUT2D eigenvalue weighted by Gasteiger charge is -2.09. The fourth-order valence-electron chi connectivity index (χ4n) is 1.53. The van der Waals surface area contributed by atoms with Gasteiger partial charge in [0.25, 0.3) is 10.0 Å². The minimum Gasteiger partial charge on any atom is -0.478 e. The number of nitrogens with two attached hydrogens (primary N) is 1. The van der Waals surface area contributed by atoms with E-state index in [9.17, 15) is 13.2 Å². The Hall–Kier alpha value is -2.55. The van der Waals surface area contributed by atoms with Gasteiger partial charge in [0.1, 0.15) is 4.90 Å². The van der Waals surface area contributed by atoms with Gasteiger partial charge >= 0.3 is 5.97 Å². The van der Waals surface area contributed by atoms with Gasteiger partial charge in [-0.05, 0) is 18.2 Å². The Labute approximate surface area is 114 Å². The van der Waals surface area contributed by atoms with Crippen LogP contribution in [-0.4, -0.2) is 29.3 Å². The second kappa shape index (κ2) is 4.85. The summed E-state index contributed by atoms with van der Waals surface area (Å²) in [6, 6.07) is 3.75. The van der Waals surface area contributed by atoms with Crippen LogP contribution < -0.4 is 10.5 Å². The van der Waals surface area contributed by atoms with Crippen LogP contribution in [0.15, 0.2) is 35.5 Å². The smallest absolute Gasteiger partial charge is 0.335 e. The Kier molecular flexibility index (Phi) is 3.36. The molecule has 0 bridgehead atoms. The number of nitrogen functional groups attached to an aromatic ring is 1. The molecule has 20 heavy (non-hydrogen) atoms. The molecule has 2 aromatic rings. The van der Waals surface area contributed by atoms with Crippen molar-refractivity contribution in [2.45, 2.75) is 4.90 Å². The topological polar surface area (TPSA) is 127 Å². The molecule has 0 saturated heterocycles. The molecule has 0 amide bonds. The number of carbonyl (C=O) groups is 1. The van der Waals surface area contributed by atoms with E-state index in [2.05, 4.69) is 9.82 Å². The largest absolute Gasteiger partial charge is 0.478 e. The van der Waals surface area contributed by atoms with Gasteiger partial charge in [0.15, 0.2) is 0 Å². The molecule has 0 aliphatic carbocycles. The summed E-state index contributed by atoms with van der Waals surface area (Å²) >= 11 is 0. The van der Waals surface area contributed by atoms with Gasteiger partial charge in [0, 0.05) is 13.2 Å². The van der Waals surface area contributed by atoms with Crippen molar-refractivity contribution in [2.75, 3.05) is 10.5 Å². The van der Waals surface area contributed by atoms with Gasteiger partial charge in [-0.25, -0.2) is 13.2 Å². The lowest BCUT2D eigenvalue weighted by Crippen LogP contribution is -2.14. The summed E-state index contributed by atoms with van der Waals surface area (Å²) in [5.41, 5.74) is 5.75. The number of aromatic nitrogens is 2. The number of aromatic carboxylic acids is 1. The van der Waals surface area contributed by atoms with Crippen LogP contribution in [0.3, 0.4) is 0 Å². The minimum atomic E-state index is -3.81. The Morgan fingerprint density at radius 3 is 2.65 bits per heavy atom. The van der Waals surface area contributed by atoms with Crippen molar-refractivity contribution in [3.05, 3.63) is 36.2 Å². The van der Waals surface area contributed by atoms with Crippen LogP contribution in [0.4, 0.5) is 11.4 Å². The van der Waals surface area contributed by atoms with Crippen molar-refractivity contribution < 1.29 is 18.3 Å². The van der Waals surface area contributed by atoms with Crippen molar-refractivity contribution in [3.8, 4) is 0 Å². The Balaban J connectivity index is 2.32. The molecular weight excluding hydrogens is 284 g/mol. The molecule has 1 aromatic heterocycles. The summed E-state index contributed by atoms with van der Waals surface area (Å²) in [7, 11) is -2.22. The number of hydrogen-bond acceptors (Lipinski definition) is 5. The fraction of sp³-hybridized carbons (Fsp3) is 0.0909. The SMILES string of the molecule is Cn1cc(S(=O)(=O)Nc2ccc(C(=O)O)cc2N)cn1. The maximum absolute atomic E-state index is 12.0. The molecule has 0 aliphatic rings. The molecule has 8 nitrogen and oxygen atoms in total. The summed E-state index contributed by atoms with van der Waals surface area (Å²) < 4.78 is 27.7. The predicted molar refractivity (Wildman–Crippen MR) is 71.8 cm³/mol. The molecule has 0 saturated carbocycles. The van der Waals surface area contributed by atoms with Crippen LogP contribution in [0.1, 0.15) is 10.4 Å². The third-order valence-corrected chi connectivity index (χ3v) is 3.85. The first kappa shape index (κ1) is 13.9. The maximum atomic E-state index is 12.0. The molecule has 106 valence electrons. The molecule has 1 heterocycles. The number of carboxylic acid groups (broad SMARTS) is 1. The van der Waals surface area contributed by atoms with Gasteiger partial charge < -0.3 is 10.8 Å². The summed E-state index contributed by atoms with van der Waals surface area (Å²) in [6.07, 6.45) is 2.54. The van der Waals surface area contributed by atoms with E-state index in [1.54, 1.807) is 7.05 Å². The van der Waals surface area contributed by atoms with Crippen LogP contribution in [-0.2, 0) is 17.1 Å². The monoisotopic (exact) mass is 296 g/mol. The second-order valence-electron chi connectivity index (χ2n) is 4.06. The van der Waals surface area contributed by atoms with Crippen LogP contribution in [0.25, 0.3) is 0 Å². The third-order valence-electron chi connectivity index (χ3n) is 2.53. The van der Waals surface area contributed by atoms with Crippen LogP contribution in [0.2, 0.25) is 0 Å². The van der Waals surface area contributed by atoms with Gasteiger partial charge in [0.2, 0.25) is 0 Å². The molecule has 0 aliphatic heterocycles. The molecule has 2 rings (SSSR count). The number of aryl methyl sites for hydroxylation is 1. The van der Waals surface area contributed by atoms with E-state index >= 15 is 0 Å². The summed E-state index contributed by atoms with van der Waals surface area (Å²) in [6.45, 7) is 0. The zero-order chi connectivity index (χ0) is 14.9. The molecule has 9 heteroatoms. The summed E-state index contributed by atoms with van der Waals surface area (Å²) in [5.74, 6) is -1.14. The highest BCUT2D eigenvalue weighted by atomic mass is 32.2. The van der Waals surface area contributed by atoms with E-state index < -0.39 is 16.0 Å². The van der Waals surface area contributed by atoms with Gasteiger partial charge in [-0.2, -0.15) is 5.10 Å². The van der Waals surface area contributed by atoms with Gasteiger partial charge in [-0.1, -0.05) is 0 Å². The first-order valence-corrected chi connectivity index (χ1v) is 6.92. The summed E-state index contributed by atoms with van der Waals surface area (Å²) in [4.78, 5) is 10.8. The Morgan fingerprint density at radius 1 is 1.45 bits per heavy atom. The zero-order valence-electron chi connectivity index (χ0n) is 10.4. The van der Waals surface area contributed by atoms with E-state index in [0.29, 0.717) is 0 Å². The highest BCUT2D eigenvalue weighted by molar-refractivity contribution is 7.92. The number of hydrogen-bond donors (Lipinski definition) is 3. The highest BCUT2D eigenvalue weighted by Crippen LogP contribution is 2.23. The normalized spacial score (nSPS) is 11.2. The van der Waals surface area contributed by atoms with Gasteiger partial charge in [-0.15, -0.1) is 0 Å². The van der Waals surface area contributed by atoms with Gasteiger partial charge in [-0.3, -0.25) is 9.40 Å². The van der Waals surface area contributed by atoms with Gasteiger partial charge in [0.05, 0.1) is 23.1 Å². The second-order valence-corrected chi connectivity index (χ2v) is 5.74. The summed E-state index contributed by atoms with van der Waals surface area (Å²) in [5, 5.41) is 12.6. The predicted octanol–water partition coefficient (Wildman–Crippen LogP) is 0.501. The quantitative estimate of drug-likeness (QED) is 0.705. The Bertz CT molecular complexity index is 766. The third kappa shape index (κ3) is 2.72. The van der Waals surface area contributed by atoms with Crippen molar-refractivity contribution >= 4 is 27.4 Å². The molecule has 0 unspecified atom stereocenters. The number of nitrogens with one attached hydrogen (secondary N) is 1. The van der Waals surface area contributed by atoms with Crippen molar-refractivity contribution in [1.82, 2.24) is 9.78 Å². The standard InChI is InChI=1S/C11H12N4O4S/c1-15-6-8(5-13-15)20(18,19)14-10-3-2-7(11(16)17)4-9(10)12/h2-6,14H,12H2,1H3,(H,16,17). The van der Waals surface area contributed by atoms with E-state index in [1.165, 1.54) is 35.3 Å². The van der Waals surface area contributed by atoms with Crippen molar-refractivity contribution in [2.24, 2.45) is 7.05 Å². The number of nitrogens with zero attached hydrogens (tertiary/aromatic N) is 2. The van der Waals surface area contributed by atoms with E-state index in [0.717, 1.165) is 0 Å². The van der Waals surface area contributed by atoms with E-state index in [1.807, 2.05) is 0 Å². The molecule has 0 radical (unpaired) electrons. The van der Waals surface area contributed by atoms with Crippen LogP contribution in [0, 0.1) is 0 Å². The lowest BCUT2D eigenvalue weighted by atomic mass is 10.2. The molecule has 0 atom stereocenters. The highest BCUT2D eigenvalue weighted by Gasteiger charge is 2.18. The molecule has 0 spiro atoms. The minimum absolute atomic E-state index is 0.0123. The number of anilines is 2. The first-order valence-electron chi connectivity index (χ1n) is 5.44. The average molecular weight is 296 g/mol. The zero-order valence-corrected chi connectivity index (χ0v) is 11.3. The molecule has 1 aromatic carbocycles. The van der Waals surface area contributed by atoms with Crippen LogP contribution >= 0.6 is 0 Å². The van der Waals surface area contributed by atoms with Crippen molar-refractivity contribution in [3.63, 3.8) is 0 Å². The number of carboxylic acids is 1. The first-order chi connectivity index (χ1) is 9.29. The lowest BCUT2D eigenvalue weighted by molar-refractivity contribution is 0.0697. The number of sulfonamides is 1. The van der Waals surface area contributed by atoms with E-state index in [-0.39, 0.29) is 21.8 Å². The molecule has 4 N–H and O–H groups in total. The average Bonchev–Trinajstić information content (AvgIpc) is 2.79. The van der Waals surface area contributed by atoms with Crippen LogP contribution in [0.5, 0.6) is 0 Å². The van der Waals surface area contributed by atoms with E-state index in [4.69, 9.17) is 10.8 Å². The maximum Gasteiger partial charge on any atom is 0.335 e. The molecular formula is C11H12N4O4S. The van der Waals surface area contributed by atoms with Crippen molar-refractivity contribution in [1.29, 1.82) is 0 Å². The Morgan fingerprint density at radius 2 is 2.15 bits per heavy atom. The number of rotatable bonds is 4. The molecule has 0 fully saturated rings. The number of benzene rings is 1.